The minimum absolute atomic E-state index is 0. The summed E-state index contributed by atoms with van der Waals surface area (Å²) >= 11 is 0. The number of methoxy groups -OCH3 is 1. The standard InChI is InChI=1S/C19H27N5O.HI/c1-20-19(23-9-8-17(12-23)15-25-2)21-10-18-11-22-24(14-18)13-16-6-4-3-5-7-16;/h3-7,11,14,17H,8-10,12-13,15H2,1-2H3,(H,20,21);1H. The van der Waals surface area contributed by atoms with E-state index in [1.165, 1.54) is 5.56 Å². The summed E-state index contributed by atoms with van der Waals surface area (Å²) in [6.45, 7) is 4.37. The van der Waals surface area contributed by atoms with Crippen LogP contribution in [-0.2, 0) is 17.8 Å². The summed E-state index contributed by atoms with van der Waals surface area (Å²) in [7, 11) is 3.60. The molecule has 1 aromatic carbocycles. The maximum absolute atomic E-state index is 5.27. The Morgan fingerprint density at radius 3 is 2.85 bits per heavy atom. The lowest BCUT2D eigenvalue weighted by atomic mass is 10.1. The van der Waals surface area contributed by atoms with Crippen LogP contribution in [0.15, 0.2) is 47.7 Å². The third-order valence-electron chi connectivity index (χ3n) is 4.52. The monoisotopic (exact) mass is 469 g/mol. The van der Waals surface area contributed by atoms with Crippen molar-refractivity contribution in [1.82, 2.24) is 20.0 Å². The molecule has 0 amide bonds. The molecule has 1 aliphatic rings. The van der Waals surface area contributed by atoms with Crippen LogP contribution in [0.1, 0.15) is 17.5 Å². The summed E-state index contributed by atoms with van der Waals surface area (Å²) in [6.07, 6.45) is 5.16. The van der Waals surface area contributed by atoms with Crippen molar-refractivity contribution in [3.8, 4) is 0 Å². The van der Waals surface area contributed by atoms with Gasteiger partial charge in [0.2, 0.25) is 0 Å². The summed E-state index contributed by atoms with van der Waals surface area (Å²) < 4.78 is 7.24. The van der Waals surface area contributed by atoms with Crippen LogP contribution in [0.2, 0.25) is 0 Å². The van der Waals surface area contributed by atoms with E-state index in [0.717, 1.165) is 50.7 Å². The molecule has 26 heavy (non-hydrogen) atoms. The van der Waals surface area contributed by atoms with Gasteiger partial charge in [0.15, 0.2) is 5.96 Å². The van der Waals surface area contributed by atoms with Crippen LogP contribution < -0.4 is 5.32 Å². The first-order valence-electron chi connectivity index (χ1n) is 8.78. The zero-order valence-electron chi connectivity index (χ0n) is 15.5. The summed E-state index contributed by atoms with van der Waals surface area (Å²) in [5, 5.41) is 7.91. The van der Waals surface area contributed by atoms with Gasteiger partial charge in [0, 0.05) is 51.5 Å². The fraction of sp³-hybridized carbons (Fsp3) is 0.474. The molecular weight excluding hydrogens is 441 g/mol. The van der Waals surface area contributed by atoms with Gasteiger partial charge in [-0.1, -0.05) is 30.3 Å². The van der Waals surface area contributed by atoms with Gasteiger partial charge in [0.25, 0.3) is 0 Å². The Balaban J connectivity index is 0.00000243. The van der Waals surface area contributed by atoms with E-state index in [0.29, 0.717) is 5.92 Å². The first-order valence-corrected chi connectivity index (χ1v) is 8.78. The number of likely N-dealkylation sites (tertiary alicyclic amines) is 1. The Bertz CT molecular complexity index is 688. The number of halogens is 1. The molecule has 3 rings (SSSR count). The van der Waals surface area contributed by atoms with Gasteiger partial charge in [-0.3, -0.25) is 9.67 Å². The van der Waals surface area contributed by atoms with Gasteiger partial charge >= 0.3 is 0 Å². The van der Waals surface area contributed by atoms with Crippen LogP contribution in [-0.4, -0.2) is 54.5 Å². The highest BCUT2D eigenvalue weighted by molar-refractivity contribution is 14.0. The van der Waals surface area contributed by atoms with Gasteiger partial charge < -0.3 is 15.0 Å². The van der Waals surface area contributed by atoms with Crippen molar-refractivity contribution in [2.75, 3.05) is 33.9 Å². The zero-order valence-corrected chi connectivity index (χ0v) is 17.8. The Hall–Kier alpha value is -1.61. The van der Waals surface area contributed by atoms with Crippen molar-refractivity contribution in [3.63, 3.8) is 0 Å². The molecule has 1 atom stereocenters. The molecule has 0 radical (unpaired) electrons. The largest absolute Gasteiger partial charge is 0.384 e. The lowest BCUT2D eigenvalue weighted by Crippen LogP contribution is -2.39. The quantitative estimate of drug-likeness (QED) is 0.402. The van der Waals surface area contributed by atoms with Crippen molar-refractivity contribution in [2.24, 2.45) is 10.9 Å². The first kappa shape index (κ1) is 20.7. The number of hydrogen-bond acceptors (Lipinski definition) is 3. The molecule has 2 heterocycles. The SMILES string of the molecule is CN=C(NCc1cnn(Cc2ccccc2)c1)N1CCC(COC)C1.I. The number of hydrogen-bond donors (Lipinski definition) is 1. The summed E-state index contributed by atoms with van der Waals surface area (Å²) in [6, 6.07) is 10.4. The van der Waals surface area contributed by atoms with E-state index in [-0.39, 0.29) is 24.0 Å². The molecule has 142 valence electrons. The summed E-state index contributed by atoms with van der Waals surface area (Å²) in [4.78, 5) is 6.72. The van der Waals surface area contributed by atoms with Crippen molar-refractivity contribution in [3.05, 3.63) is 53.9 Å². The summed E-state index contributed by atoms with van der Waals surface area (Å²) in [5.74, 6) is 1.55. The third-order valence-corrected chi connectivity index (χ3v) is 4.52. The number of aliphatic imine (C=N–C) groups is 1. The second-order valence-electron chi connectivity index (χ2n) is 6.49. The van der Waals surface area contributed by atoms with Gasteiger partial charge in [0.05, 0.1) is 19.3 Å². The topological polar surface area (TPSA) is 54.7 Å². The number of nitrogens with one attached hydrogen (secondary N) is 1. The molecule has 0 aliphatic carbocycles. The first-order chi connectivity index (χ1) is 12.3. The number of rotatable bonds is 6. The molecule has 1 aliphatic heterocycles. The van der Waals surface area contributed by atoms with Crippen LogP contribution in [0.5, 0.6) is 0 Å². The number of nitrogens with zero attached hydrogens (tertiary/aromatic N) is 4. The molecule has 6 nitrogen and oxygen atoms in total. The minimum atomic E-state index is 0. The van der Waals surface area contributed by atoms with Crippen LogP contribution in [0, 0.1) is 5.92 Å². The van der Waals surface area contributed by atoms with Crippen molar-refractivity contribution < 1.29 is 4.74 Å². The van der Waals surface area contributed by atoms with Gasteiger partial charge in [0.1, 0.15) is 0 Å². The van der Waals surface area contributed by atoms with E-state index in [9.17, 15) is 0 Å². The molecule has 0 spiro atoms. The molecule has 1 saturated heterocycles. The normalized spacial score (nSPS) is 17.2. The van der Waals surface area contributed by atoms with Gasteiger partial charge in [-0.25, -0.2) is 0 Å². The van der Waals surface area contributed by atoms with Crippen molar-refractivity contribution >= 4 is 29.9 Å². The maximum atomic E-state index is 5.27. The molecule has 1 aromatic heterocycles. The lowest BCUT2D eigenvalue weighted by molar-refractivity contribution is 0.157. The smallest absolute Gasteiger partial charge is 0.193 e. The molecule has 2 aromatic rings. The van der Waals surface area contributed by atoms with E-state index in [2.05, 4.69) is 50.8 Å². The third kappa shape index (κ3) is 5.70. The molecule has 1 unspecified atom stereocenters. The van der Waals surface area contributed by atoms with E-state index < -0.39 is 0 Å². The Morgan fingerprint density at radius 1 is 1.31 bits per heavy atom. The van der Waals surface area contributed by atoms with Gasteiger partial charge in [-0.15, -0.1) is 24.0 Å². The lowest BCUT2D eigenvalue weighted by Gasteiger charge is -2.21. The Labute approximate surface area is 172 Å². The van der Waals surface area contributed by atoms with Crippen LogP contribution in [0.3, 0.4) is 0 Å². The van der Waals surface area contributed by atoms with Gasteiger partial charge in [-0.2, -0.15) is 5.10 Å². The zero-order chi connectivity index (χ0) is 17.5. The highest BCUT2D eigenvalue weighted by Crippen LogP contribution is 2.16. The predicted molar refractivity (Wildman–Crippen MR) is 115 cm³/mol. The average molecular weight is 469 g/mol. The fourth-order valence-corrected chi connectivity index (χ4v) is 3.26. The molecule has 1 fully saturated rings. The molecular formula is C19H28IN5O. The second-order valence-corrected chi connectivity index (χ2v) is 6.49. The van der Waals surface area contributed by atoms with E-state index in [1.807, 2.05) is 24.0 Å². The second kappa shape index (κ2) is 10.5. The fourth-order valence-electron chi connectivity index (χ4n) is 3.26. The molecule has 7 heteroatoms. The average Bonchev–Trinajstić information content (AvgIpc) is 3.27. The molecule has 0 saturated carbocycles. The number of ether oxygens (including phenoxy) is 1. The Kier molecular flexibility index (Phi) is 8.37. The maximum Gasteiger partial charge on any atom is 0.193 e. The molecule has 1 N–H and O–H groups in total. The molecule has 0 bridgehead atoms. The Morgan fingerprint density at radius 2 is 2.12 bits per heavy atom. The van der Waals surface area contributed by atoms with E-state index >= 15 is 0 Å². The highest BCUT2D eigenvalue weighted by Gasteiger charge is 2.24. The highest BCUT2D eigenvalue weighted by atomic mass is 127. The van der Waals surface area contributed by atoms with Gasteiger partial charge in [-0.05, 0) is 12.0 Å². The minimum Gasteiger partial charge on any atom is -0.384 e. The number of aromatic nitrogens is 2. The summed E-state index contributed by atoms with van der Waals surface area (Å²) in [5.41, 5.74) is 2.41. The van der Waals surface area contributed by atoms with Crippen LogP contribution in [0.25, 0.3) is 0 Å². The van der Waals surface area contributed by atoms with E-state index in [1.54, 1.807) is 7.11 Å². The predicted octanol–water partition coefficient (Wildman–Crippen LogP) is 2.59. The number of guanidine groups is 1. The van der Waals surface area contributed by atoms with Crippen molar-refractivity contribution in [1.29, 1.82) is 0 Å². The van der Waals surface area contributed by atoms with E-state index in [4.69, 9.17) is 4.74 Å². The number of benzene rings is 1. The van der Waals surface area contributed by atoms with Crippen molar-refractivity contribution in [2.45, 2.75) is 19.5 Å². The van der Waals surface area contributed by atoms with Crippen LogP contribution in [0.4, 0.5) is 0 Å². The van der Waals surface area contributed by atoms with Crippen LogP contribution >= 0.6 is 24.0 Å².